The second-order valence-corrected chi connectivity index (χ2v) is 4.54. The van der Waals surface area contributed by atoms with E-state index in [2.05, 4.69) is 20.5 Å². The molecule has 1 amide bonds. The van der Waals surface area contributed by atoms with E-state index in [4.69, 9.17) is 0 Å². The first kappa shape index (κ1) is 15.9. The summed E-state index contributed by atoms with van der Waals surface area (Å²) in [5.41, 5.74) is 0. The number of piperazine rings is 1. The van der Waals surface area contributed by atoms with Gasteiger partial charge in [-0.3, -0.25) is 9.69 Å². The summed E-state index contributed by atoms with van der Waals surface area (Å²) in [4.78, 5) is 18.3. The highest BCUT2D eigenvalue weighted by Gasteiger charge is 2.27. The molecule has 2 rings (SSSR count). The van der Waals surface area contributed by atoms with Crippen LogP contribution in [0.25, 0.3) is 0 Å². The lowest BCUT2D eigenvalue weighted by atomic mass is 10.1. The summed E-state index contributed by atoms with van der Waals surface area (Å²) in [6, 6.07) is 0.168. The van der Waals surface area contributed by atoms with Crippen LogP contribution in [0.1, 0.15) is 18.8 Å². The lowest BCUT2D eigenvalue weighted by Crippen LogP contribution is -2.50. The summed E-state index contributed by atoms with van der Waals surface area (Å²) in [6.45, 7) is 5.68. The molecule has 108 valence electrons. The molecule has 0 bridgehead atoms. The number of amides is 1. The SMILES string of the molecule is CCNC(=O)CN1CCNCC1c1nccn1C.Cl. The third kappa shape index (κ3) is 3.92. The molecule has 0 aliphatic carbocycles. The van der Waals surface area contributed by atoms with Gasteiger partial charge in [0.1, 0.15) is 5.82 Å². The van der Waals surface area contributed by atoms with Crippen LogP contribution >= 0.6 is 12.4 Å². The maximum absolute atomic E-state index is 11.7. The van der Waals surface area contributed by atoms with Crippen molar-refractivity contribution >= 4 is 18.3 Å². The van der Waals surface area contributed by atoms with E-state index < -0.39 is 0 Å². The Balaban J connectivity index is 0.00000180. The zero-order valence-electron chi connectivity index (χ0n) is 11.4. The molecule has 0 aromatic carbocycles. The summed E-state index contributed by atoms with van der Waals surface area (Å²) in [7, 11) is 1.99. The first-order chi connectivity index (χ1) is 8.72. The van der Waals surface area contributed by atoms with Crippen molar-refractivity contribution in [2.75, 3.05) is 32.7 Å². The maximum Gasteiger partial charge on any atom is 0.234 e. The fourth-order valence-corrected chi connectivity index (χ4v) is 2.33. The first-order valence-corrected chi connectivity index (χ1v) is 6.41. The smallest absolute Gasteiger partial charge is 0.234 e. The fraction of sp³-hybridized carbons (Fsp3) is 0.667. The molecule has 7 heteroatoms. The van der Waals surface area contributed by atoms with Gasteiger partial charge in [0.15, 0.2) is 0 Å². The van der Waals surface area contributed by atoms with Crippen molar-refractivity contribution in [3.05, 3.63) is 18.2 Å². The minimum Gasteiger partial charge on any atom is -0.355 e. The first-order valence-electron chi connectivity index (χ1n) is 6.41. The number of hydrogen-bond donors (Lipinski definition) is 2. The molecule has 2 heterocycles. The van der Waals surface area contributed by atoms with Gasteiger partial charge in [0.05, 0.1) is 12.6 Å². The zero-order valence-corrected chi connectivity index (χ0v) is 12.2. The van der Waals surface area contributed by atoms with Gasteiger partial charge in [-0.25, -0.2) is 4.98 Å². The molecule has 1 saturated heterocycles. The molecule has 1 unspecified atom stereocenters. The highest BCUT2D eigenvalue weighted by molar-refractivity contribution is 5.85. The van der Waals surface area contributed by atoms with Crippen LogP contribution in [0.4, 0.5) is 0 Å². The van der Waals surface area contributed by atoms with E-state index in [9.17, 15) is 4.79 Å². The number of aryl methyl sites for hydroxylation is 1. The largest absolute Gasteiger partial charge is 0.355 e. The Morgan fingerprint density at radius 1 is 1.63 bits per heavy atom. The van der Waals surface area contributed by atoms with Crippen LogP contribution in [0, 0.1) is 0 Å². The van der Waals surface area contributed by atoms with E-state index >= 15 is 0 Å². The van der Waals surface area contributed by atoms with E-state index in [0.29, 0.717) is 13.1 Å². The average molecular weight is 288 g/mol. The van der Waals surface area contributed by atoms with E-state index in [1.807, 2.05) is 24.7 Å². The number of nitrogens with one attached hydrogen (secondary N) is 2. The molecular weight excluding hydrogens is 266 g/mol. The fourth-order valence-electron chi connectivity index (χ4n) is 2.33. The molecule has 2 N–H and O–H groups in total. The van der Waals surface area contributed by atoms with Gasteiger partial charge in [-0.1, -0.05) is 0 Å². The Kier molecular flexibility index (Phi) is 6.27. The zero-order chi connectivity index (χ0) is 13.0. The Hall–Kier alpha value is -1.11. The molecular formula is C12H22ClN5O. The summed E-state index contributed by atoms with van der Waals surface area (Å²) >= 11 is 0. The molecule has 0 radical (unpaired) electrons. The summed E-state index contributed by atoms with van der Waals surface area (Å²) in [5.74, 6) is 1.09. The van der Waals surface area contributed by atoms with Crippen molar-refractivity contribution in [3.63, 3.8) is 0 Å². The van der Waals surface area contributed by atoms with Crippen molar-refractivity contribution in [1.29, 1.82) is 0 Å². The van der Waals surface area contributed by atoms with Crippen LogP contribution in [0.3, 0.4) is 0 Å². The van der Waals surface area contributed by atoms with Gasteiger partial charge >= 0.3 is 0 Å². The average Bonchev–Trinajstić information content (AvgIpc) is 2.76. The molecule has 6 nitrogen and oxygen atoms in total. The Morgan fingerprint density at radius 2 is 2.42 bits per heavy atom. The van der Waals surface area contributed by atoms with Gasteiger partial charge in [-0.05, 0) is 6.92 Å². The van der Waals surface area contributed by atoms with Crippen molar-refractivity contribution < 1.29 is 4.79 Å². The Morgan fingerprint density at radius 3 is 3.05 bits per heavy atom. The van der Waals surface area contributed by atoms with Crippen LogP contribution in [0.2, 0.25) is 0 Å². The number of carbonyl (C=O) groups excluding carboxylic acids is 1. The van der Waals surface area contributed by atoms with Crippen molar-refractivity contribution in [2.24, 2.45) is 7.05 Å². The van der Waals surface area contributed by atoms with Gasteiger partial charge < -0.3 is 15.2 Å². The van der Waals surface area contributed by atoms with Crippen LogP contribution in [-0.2, 0) is 11.8 Å². The monoisotopic (exact) mass is 287 g/mol. The van der Waals surface area contributed by atoms with E-state index in [0.717, 1.165) is 25.5 Å². The van der Waals surface area contributed by atoms with Crippen LogP contribution in [0.15, 0.2) is 12.4 Å². The van der Waals surface area contributed by atoms with Gasteiger partial charge in [-0.2, -0.15) is 0 Å². The molecule has 1 aromatic rings. The minimum atomic E-state index is 0. The third-order valence-corrected chi connectivity index (χ3v) is 3.23. The predicted molar refractivity (Wildman–Crippen MR) is 76.3 cm³/mol. The van der Waals surface area contributed by atoms with Gasteiger partial charge in [0.2, 0.25) is 5.91 Å². The van der Waals surface area contributed by atoms with Gasteiger partial charge in [0, 0.05) is 45.6 Å². The molecule has 0 saturated carbocycles. The highest BCUT2D eigenvalue weighted by Crippen LogP contribution is 2.19. The second-order valence-electron chi connectivity index (χ2n) is 4.54. The number of halogens is 1. The lowest BCUT2D eigenvalue weighted by Gasteiger charge is -2.35. The number of carbonyl (C=O) groups is 1. The topological polar surface area (TPSA) is 62.2 Å². The van der Waals surface area contributed by atoms with E-state index in [-0.39, 0.29) is 24.4 Å². The molecule has 1 aliphatic rings. The number of rotatable bonds is 4. The second kappa shape index (κ2) is 7.47. The van der Waals surface area contributed by atoms with Crippen molar-refractivity contribution in [3.8, 4) is 0 Å². The quantitative estimate of drug-likeness (QED) is 0.813. The number of imidazole rings is 1. The number of nitrogens with zero attached hydrogens (tertiary/aromatic N) is 3. The van der Waals surface area contributed by atoms with Gasteiger partial charge in [-0.15, -0.1) is 12.4 Å². The molecule has 1 aliphatic heterocycles. The Bertz CT molecular complexity index is 409. The lowest BCUT2D eigenvalue weighted by molar-refractivity contribution is -0.123. The summed E-state index contributed by atoms with van der Waals surface area (Å²) in [5, 5.41) is 6.20. The maximum atomic E-state index is 11.7. The molecule has 0 spiro atoms. The van der Waals surface area contributed by atoms with E-state index in [1.54, 1.807) is 6.20 Å². The van der Waals surface area contributed by atoms with Crippen LogP contribution < -0.4 is 10.6 Å². The van der Waals surface area contributed by atoms with Gasteiger partial charge in [0.25, 0.3) is 0 Å². The third-order valence-electron chi connectivity index (χ3n) is 3.23. The van der Waals surface area contributed by atoms with Crippen LogP contribution in [-0.4, -0.2) is 53.1 Å². The van der Waals surface area contributed by atoms with Crippen LogP contribution in [0.5, 0.6) is 0 Å². The standard InChI is InChI=1S/C12H21N5O.ClH/c1-3-14-11(18)9-17-7-4-13-8-10(17)12-15-5-6-16(12)2;/h5-6,10,13H,3-4,7-9H2,1-2H3,(H,14,18);1H. The highest BCUT2D eigenvalue weighted by atomic mass is 35.5. The number of hydrogen-bond acceptors (Lipinski definition) is 4. The predicted octanol–water partition coefficient (Wildman–Crippen LogP) is -0.0757. The summed E-state index contributed by atoms with van der Waals surface area (Å²) < 4.78 is 2.02. The minimum absolute atomic E-state index is 0. The normalized spacial score (nSPS) is 19.8. The molecule has 1 fully saturated rings. The molecule has 19 heavy (non-hydrogen) atoms. The molecule has 1 aromatic heterocycles. The number of aromatic nitrogens is 2. The molecule has 1 atom stereocenters. The summed E-state index contributed by atoms with van der Waals surface area (Å²) in [6.07, 6.45) is 3.74. The Labute approximate surface area is 120 Å². The van der Waals surface area contributed by atoms with Crippen molar-refractivity contribution in [1.82, 2.24) is 25.1 Å². The number of likely N-dealkylation sites (N-methyl/N-ethyl adjacent to an activating group) is 1. The van der Waals surface area contributed by atoms with E-state index in [1.165, 1.54) is 0 Å². The van der Waals surface area contributed by atoms with Crippen molar-refractivity contribution in [2.45, 2.75) is 13.0 Å².